The molecule has 1 heterocycles. The summed E-state index contributed by atoms with van der Waals surface area (Å²) in [5.74, 6) is 0.400. The molecular formula is C19H15ClO5. The Morgan fingerprint density at radius 2 is 1.76 bits per heavy atom. The van der Waals surface area contributed by atoms with Gasteiger partial charge in [-0.15, -0.1) is 11.6 Å². The minimum absolute atomic E-state index is 0.269. The third-order valence-electron chi connectivity index (χ3n) is 3.65. The summed E-state index contributed by atoms with van der Waals surface area (Å²) in [6.45, 7) is 1.52. The van der Waals surface area contributed by atoms with E-state index in [1.54, 1.807) is 49.6 Å². The molecule has 0 bridgehead atoms. The summed E-state index contributed by atoms with van der Waals surface area (Å²) in [5.41, 5.74) is 1.01. The number of methoxy groups -OCH3 is 1. The largest absolute Gasteiger partial charge is 0.497 e. The second-order valence-corrected chi connectivity index (χ2v) is 6.07. The summed E-state index contributed by atoms with van der Waals surface area (Å²) in [6, 6.07) is 13.7. The summed E-state index contributed by atoms with van der Waals surface area (Å²) in [7, 11) is 1.58. The maximum Gasteiger partial charge on any atom is 0.344 e. The van der Waals surface area contributed by atoms with E-state index in [0.29, 0.717) is 22.3 Å². The summed E-state index contributed by atoms with van der Waals surface area (Å²) < 4.78 is 15.6. The van der Waals surface area contributed by atoms with E-state index in [0.717, 1.165) is 5.56 Å². The smallest absolute Gasteiger partial charge is 0.344 e. The van der Waals surface area contributed by atoms with E-state index >= 15 is 0 Å². The van der Waals surface area contributed by atoms with Crippen molar-refractivity contribution in [2.75, 3.05) is 7.11 Å². The van der Waals surface area contributed by atoms with Gasteiger partial charge in [-0.2, -0.15) is 0 Å². The number of carbonyl (C=O) groups excluding carboxylic acids is 1. The van der Waals surface area contributed by atoms with Gasteiger partial charge in [-0.3, -0.25) is 4.79 Å². The highest BCUT2D eigenvalue weighted by molar-refractivity contribution is 6.29. The lowest BCUT2D eigenvalue weighted by Crippen LogP contribution is -2.17. The van der Waals surface area contributed by atoms with Crippen molar-refractivity contribution in [3.8, 4) is 22.6 Å². The lowest BCUT2D eigenvalue weighted by atomic mass is 10.1. The first kappa shape index (κ1) is 17.0. The van der Waals surface area contributed by atoms with Crippen LogP contribution in [0.4, 0.5) is 0 Å². The number of rotatable bonds is 4. The van der Waals surface area contributed by atoms with Crippen LogP contribution in [-0.4, -0.2) is 18.5 Å². The van der Waals surface area contributed by atoms with Gasteiger partial charge in [0.2, 0.25) is 0 Å². The van der Waals surface area contributed by atoms with Crippen LogP contribution in [0.3, 0.4) is 0 Å². The third-order valence-corrected chi connectivity index (χ3v) is 3.83. The van der Waals surface area contributed by atoms with Crippen LogP contribution in [0.2, 0.25) is 0 Å². The zero-order valence-corrected chi connectivity index (χ0v) is 14.4. The molecule has 0 saturated carbocycles. The molecule has 6 heteroatoms. The highest BCUT2D eigenvalue weighted by Gasteiger charge is 2.13. The lowest BCUT2D eigenvalue weighted by molar-refractivity contribution is -0.133. The van der Waals surface area contributed by atoms with Crippen molar-refractivity contribution < 1.29 is 18.7 Å². The Bertz CT molecular complexity index is 973. The topological polar surface area (TPSA) is 65.7 Å². The number of hydrogen-bond acceptors (Lipinski definition) is 5. The highest BCUT2D eigenvalue weighted by Crippen LogP contribution is 2.26. The van der Waals surface area contributed by atoms with Crippen molar-refractivity contribution in [2.45, 2.75) is 12.3 Å². The highest BCUT2D eigenvalue weighted by atomic mass is 35.5. The van der Waals surface area contributed by atoms with Crippen LogP contribution in [0.5, 0.6) is 11.5 Å². The van der Waals surface area contributed by atoms with E-state index < -0.39 is 17.0 Å². The summed E-state index contributed by atoms with van der Waals surface area (Å²) in [6.07, 6.45) is 0. The molecule has 0 spiro atoms. The van der Waals surface area contributed by atoms with Gasteiger partial charge in [-0.05, 0) is 42.8 Å². The van der Waals surface area contributed by atoms with E-state index in [1.807, 2.05) is 0 Å². The van der Waals surface area contributed by atoms with E-state index in [1.165, 1.54) is 13.0 Å². The number of halogens is 1. The van der Waals surface area contributed by atoms with Crippen molar-refractivity contribution in [1.82, 2.24) is 0 Å². The normalized spacial score (nSPS) is 12.0. The van der Waals surface area contributed by atoms with Gasteiger partial charge in [-0.25, -0.2) is 4.79 Å². The van der Waals surface area contributed by atoms with Gasteiger partial charge in [0.1, 0.15) is 22.5 Å². The number of esters is 1. The molecule has 0 aliphatic heterocycles. The molecule has 0 N–H and O–H groups in total. The zero-order valence-electron chi connectivity index (χ0n) is 13.6. The zero-order chi connectivity index (χ0) is 18.0. The van der Waals surface area contributed by atoms with Crippen molar-refractivity contribution in [2.24, 2.45) is 0 Å². The van der Waals surface area contributed by atoms with Crippen LogP contribution in [0.25, 0.3) is 22.1 Å². The Kier molecular flexibility index (Phi) is 4.76. The monoisotopic (exact) mass is 358 g/mol. The van der Waals surface area contributed by atoms with Crippen LogP contribution in [0, 0.1) is 0 Å². The molecule has 0 radical (unpaired) electrons. The molecular weight excluding hydrogens is 344 g/mol. The molecule has 128 valence electrons. The van der Waals surface area contributed by atoms with Crippen LogP contribution in [0.1, 0.15) is 6.92 Å². The minimum atomic E-state index is -0.764. The molecule has 0 amide bonds. The van der Waals surface area contributed by atoms with Crippen molar-refractivity contribution in [1.29, 1.82) is 0 Å². The standard InChI is InChI=1S/C19H15ClO5/c1-11(20)18(21)24-15-8-5-13-9-16(19(22)25-17(13)10-15)12-3-6-14(23-2)7-4-12/h3-11H,1-2H3. The Balaban J connectivity index is 1.99. The molecule has 1 unspecified atom stereocenters. The Labute approximate surface area is 148 Å². The summed E-state index contributed by atoms with van der Waals surface area (Å²) in [5, 5.41) is -0.0516. The fraction of sp³-hybridized carbons (Fsp3) is 0.158. The third kappa shape index (κ3) is 3.67. The Morgan fingerprint density at radius 3 is 2.40 bits per heavy atom. The van der Waals surface area contributed by atoms with Crippen molar-refractivity contribution >= 4 is 28.5 Å². The van der Waals surface area contributed by atoms with Crippen LogP contribution in [0.15, 0.2) is 57.7 Å². The van der Waals surface area contributed by atoms with Crippen molar-refractivity contribution in [3.05, 3.63) is 59.0 Å². The predicted octanol–water partition coefficient (Wildman–Crippen LogP) is 4.00. The second-order valence-electron chi connectivity index (χ2n) is 5.41. The maximum atomic E-state index is 12.3. The molecule has 3 rings (SSSR count). The quantitative estimate of drug-likeness (QED) is 0.305. The first-order valence-electron chi connectivity index (χ1n) is 7.56. The van der Waals surface area contributed by atoms with Crippen LogP contribution < -0.4 is 15.1 Å². The second kappa shape index (κ2) is 6.99. The van der Waals surface area contributed by atoms with Gasteiger partial charge in [0.15, 0.2) is 0 Å². The number of carbonyl (C=O) groups is 1. The molecule has 0 aliphatic carbocycles. The van der Waals surface area contributed by atoms with E-state index in [-0.39, 0.29) is 5.75 Å². The van der Waals surface area contributed by atoms with Crippen LogP contribution in [-0.2, 0) is 4.79 Å². The molecule has 0 saturated heterocycles. The van der Waals surface area contributed by atoms with Gasteiger partial charge in [0.25, 0.3) is 0 Å². The molecule has 2 aromatic carbocycles. The van der Waals surface area contributed by atoms with E-state index in [2.05, 4.69) is 0 Å². The number of ether oxygens (including phenoxy) is 2. The first-order valence-corrected chi connectivity index (χ1v) is 7.99. The number of hydrogen-bond donors (Lipinski definition) is 0. The fourth-order valence-corrected chi connectivity index (χ4v) is 2.37. The lowest BCUT2D eigenvalue weighted by Gasteiger charge is -2.07. The SMILES string of the molecule is COc1ccc(-c2cc3ccc(OC(=O)C(C)Cl)cc3oc2=O)cc1. The van der Waals surface area contributed by atoms with Gasteiger partial charge in [-0.1, -0.05) is 12.1 Å². The molecule has 1 atom stereocenters. The summed E-state index contributed by atoms with van der Waals surface area (Å²) >= 11 is 5.67. The van der Waals surface area contributed by atoms with Crippen molar-refractivity contribution in [3.63, 3.8) is 0 Å². The van der Waals surface area contributed by atoms with Gasteiger partial charge in [0, 0.05) is 11.5 Å². The fourth-order valence-electron chi connectivity index (χ4n) is 2.32. The Morgan fingerprint density at radius 1 is 1.08 bits per heavy atom. The molecule has 1 aromatic heterocycles. The van der Waals surface area contributed by atoms with Gasteiger partial charge in [0.05, 0.1) is 12.7 Å². The number of fused-ring (bicyclic) bond motifs is 1. The number of alkyl halides is 1. The van der Waals surface area contributed by atoms with Gasteiger partial charge < -0.3 is 13.9 Å². The minimum Gasteiger partial charge on any atom is -0.497 e. The number of benzene rings is 2. The molecule has 0 aliphatic rings. The average Bonchev–Trinajstić information content (AvgIpc) is 2.61. The summed E-state index contributed by atoms with van der Waals surface area (Å²) in [4.78, 5) is 23.9. The molecule has 0 fully saturated rings. The van der Waals surface area contributed by atoms with E-state index in [9.17, 15) is 9.59 Å². The van der Waals surface area contributed by atoms with Gasteiger partial charge >= 0.3 is 11.6 Å². The van der Waals surface area contributed by atoms with Crippen LogP contribution >= 0.6 is 11.6 Å². The first-order chi connectivity index (χ1) is 12.0. The maximum absolute atomic E-state index is 12.3. The molecule has 3 aromatic rings. The molecule has 25 heavy (non-hydrogen) atoms. The molecule has 5 nitrogen and oxygen atoms in total. The van der Waals surface area contributed by atoms with E-state index in [4.69, 9.17) is 25.5 Å². The average molecular weight is 359 g/mol. The Hall–Kier alpha value is -2.79. The predicted molar refractivity (Wildman–Crippen MR) is 95.4 cm³/mol.